The molecule has 1 aromatic carbocycles. The van der Waals surface area contributed by atoms with Crippen molar-refractivity contribution in [1.82, 2.24) is 5.32 Å². The van der Waals surface area contributed by atoms with Crippen LogP contribution in [-0.2, 0) is 0 Å². The Hall–Kier alpha value is -0.540. The molecular formula is C9H13BrN2. The summed E-state index contributed by atoms with van der Waals surface area (Å²) < 4.78 is 1.11. The van der Waals surface area contributed by atoms with Gasteiger partial charge in [-0.2, -0.15) is 0 Å². The highest BCUT2D eigenvalue weighted by Gasteiger charge is 1.90. The van der Waals surface area contributed by atoms with E-state index in [9.17, 15) is 0 Å². The Morgan fingerprint density at radius 1 is 1.33 bits per heavy atom. The lowest BCUT2D eigenvalue weighted by Gasteiger charge is -2.05. The lowest BCUT2D eigenvalue weighted by Crippen LogP contribution is -2.17. The van der Waals surface area contributed by atoms with Crippen LogP contribution in [0.1, 0.15) is 0 Å². The van der Waals surface area contributed by atoms with E-state index in [2.05, 4.69) is 38.7 Å². The number of rotatable bonds is 4. The van der Waals surface area contributed by atoms with Gasteiger partial charge >= 0.3 is 0 Å². The molecule has 0 spiro atoms. The molecule has 0 unspecified atom stereocenters. The molecule has 0 saturated heterocycles. The molecule has 0 radical (unpaired) electrons. The van der Waals surface area contributed by atoms with Gasteiger partial charge < -0.3 is 10.6 Å². The third-order valence-corrected chi connectivity index (χ3v) is 2.02. The highest BCUT2D eigenvalue weighted by atomic mass is 79.9. The minimum atomic E-state index is 0.951. The first-order valence-electron chi connectivity index (χ1n) is 3.97. The summed E-state index contributed by atoms with van der Waals surface area (Å²) in [6.45, 7) is 1.93. The summed E-state index contributed by atoms with van der Waals surface area (Å²) in [4.78, 5) is 0. The number of hydrogen-bond donors (Lipinski definition) is 2. The molecule has 0 amide bonds. The molecule has 0 saturated carbocycles. The molecule has 3 heteroatoms. The van der Waals surface area contributed by atoms with Gasteiger partial charge in [0, 0.05) is 23.2 Å². The van der Waals surface area contributed by atoms with Gasteiger partial charge in [0.15, 0.2) is 0 Å². The summed E-state index contributed by atoms with van der Waals surface area (Å²) in [7, 11) is 1.95. The highest BCUT2D eigenvalue weighted by Crippen LogP contribution is 2.14. The molecule has 1 aromatic rings. The average molecular weight is 229 g/mol. The maximum atomic E-state index is 3.42. The van der Waals surface area contributed by atoms with Crippen LogP contribution in [0.15, 0.2) is 28.7 Å². The quantitative estimate of drug-likeness (QED) is 0.772. The molecule has 66 valence electrons. The topological polar surface area (TPSA) is 24.1 Å². The maximum Gasteiger partial charge on any atom is 0.0351 e. The third-order valence-electron chi connectivity index (χ3n) is 1.53. The van der Waals surface area contributed by atoms with E-state index in [4.69, 9.17) is 0 Å². The predicted octanol–water partition coefficient (Wildman–Crippen LogP) is 2.08. The highest BCUT2D eigenvalue weighted by molar-refractivity contribution is 9.10. The van der Waals surface area contributed by atoms with Gasteiger partial charge in [-0.05, 0) is 25.2 Å². The Kier molecular flexibility index (Phi) is 4.11. The summed E-state index contributed by atoms with van der Waals surface area (Å²) in [6, 6.07) is 8.16. The van der Waals surface area contributed by atoms with Crippen molar-refractivity contribution >= 4 is 21.6 Å². The number of hydrogen-bond acceptors (Lipinski definition) is 2. The van der Waals surface area contributed by atoms with Crippen LogP contribution in [0, 0.1) is 0 Å². The van der Waals surface area contributed by atoms with E-state index in [0.29, 0.717) is 0 Å². The molecule has 0 aromatic heterocycles. The molecular weight excluding hydrogens is 216 g/mol. The number of nitrogens with one attached hydrogen (secondary N) is 2. The van der Waals surface area contributed by atoms with Crippen molar-refractivity contribution in [1.29, 1.82) is 0 Å². The van der Waals surface area contributed by atoms with Crippen molar-refractivity contribution in [2.45, 2.75) is 0 Å². The largest absolute Gasteiger partial charge is 0.384 e. The monoisotopic (exact) mass is 228 g/mol. The first kappa shape index (κ1) is 9.55. The molecule has 0 bridgehead atoms. The fraction of sp³-hybridized carbons (Fsp3) is 0.333. The van der Waals surface area contributed by atoms with E-state index < -0.39 is 0 Å². The van der Waals surface area contributed by atoms with E-state index >= 15 is 0 Å². The van der Waals surface area contributed by atoms with Crippen molar-refractivity contribution < 1.29 is 0 Å². The number of halogens is 1. The van der Waals surface area contributed by atoms with Gasteiger partial charge in [-0.15, -0.1) is 0 Å². The van der Waals surface area contributed by atoms with Crippen molar-refractivity contribution in [2.75, 3.05) is 25.5 Å². The SMILES string of the molecule is CNCCNc1cccc(Br)c1. The predicted molar refractivity (Wildman–Crippen MR) is 56.6 cm³/mol. The van der Waals surface area contributed by atoms with Gasteiger partial charge in [0.05, 0.1) is 0 Å². The van der Waals surface area contributed by atoms with E-state index in [-0.39, 0.29) is 0 Å². The van der Waals surface area contributed by atoms with E-state index in [0.717, 1.165) is 23.2 Å². The smallest absolute Gasteiger partial charge is 0.0351 e. The second kappa shape index (κ2) is 5.17. The van der Waals surface area contributed by atoms with Gasteiger partial charge in [0.1, 0.15) is 0 Å². The molecule has 2 N–H and O–H groups in total. The fourth-order valence-electron chi connectivity index (χ4n) is 0.930. The van der Waals surface area contributed by atoms with E-state index in [1.807, 2.05) is 19.2 Å². The lowest BCUT2D eigenvalue weighted by molar-refractivity contribution is 0.824. The van der Waals surface area contributed by atoms with Crippen molar-refractivity contribution in [3.8, 4) is 0 Å². The first-order chi connectivity index (χ1) is 5.83. The average Bonchev–Trinajstić information content (AvgIpc) is 2.05. The van der Waals surface area contributed by atoms with Crippen LogP contribution >= 0.6 is 15.9 Å². The number of anilines is 1. The molecule has 0 fully saturated rings. The van der Waals surface area contributed by atoms with Gasteiger partial charge in [0.2, 0.25) is 0 Å². The number of likely N-dealkylation sites (N-methyl/N-ethyl adjacent to an activating group) is 1. The first-order valence-corrected chi connectivity index (χ1v) is 4.76. The van der Waals surface area contributed by atoms with Crippen LogP contribution in [0.3, 0.4) is 0 Å². The standard InChI is InChI=1S/C9H13BrN2/c1-11-5-6-12-9-4-2-3-8(10)7-9/h2-4,7,11-12H,5-6H2,1H3. The second-order valence-corrected chi connectivity index (χ2v) is 3.46. The minimum Gasteiger partial charge on any atom is -0.384 e. The van der Waals surface area contributed by atoms with Gasteiger partial charge in [-0.25, -0.2) is 0 Å². The van der Waals surface area contributed by atoms with Crippen molar-refractivity contribution in [3.63, 3.8) is 0 Å². The third kappa shape index (κ3) is 3.24. The Bertz CT molecular complexity index is 238. The zero-order chi connectivity index (χ0) is 8.81. The van der Waals surface area contributed by atoms with Gasteiger partial charge in [0.25, 0.3) is 0 Å². The fourth-order valence-corrected chi connectivity index (χ4v) is 1.33. The summed E-state index contributed by atoms with van der Waals surface area (Å²) in [6.07, 6.45) is 0. The molecule has 0 heterocycles. The molecule has 0 aliphatic heterocycles. The normalized spacial score (nSPS) is 9.83. The summed E-state index contributed by atoms with van der Waals surface area (Å²) in [5, 5.41) is 6.37. The lowest BCUT2D eigenvalue weighted by atomic mass is 10.3. The Labute approximate surface area is 81.5 Å². The maximum absolute atomic E-state index is 3.42. The summed E-state index contributed by atoms with van der Waals surface area (Å²) >= 11 is 3.42. The van der Waals surface area contributed by atoms with E-state index in [1.165, 1.54) is 0 Å². The van der Waals surface area contributed by atoms with Crippen LogP contribution in [0.5, 0.6) is 0 Å². The molecule has 2 nitrogen and oxygen atoms in total. The second-order valence-electron chi connectivity index (χ2n) is 2.54. The minimum absolute atomic E-state index is 0.951. The zero-order valence-corrected chi connectivity index (χ0v) is 8.69. The zero-order valence-electron chi connectivity index (χ0n) is 7.10. The van der Waals surface area contributed by atoms with Crippen molar-refractivity contribution in [2.24, 2.45) is 0 Å². The van der Waals surface area contributed by atoms with E-state index in [1.54, 1.807) is 0 Å². The Morgan fingerprint density at radius 2 is 2.17 bits per heavy atom. The molecule has 0 aliphatic rings. The van der Waals surface area contributed by atoms with Crippen LogP contribution in [0.4, 0.5) is 5.69 Å². The van der Waals surface area contributed by atoms with Crippen LogP contribution in [-0.4, -0.2) is 20.1 Å². The van der Waals surface area contributed by atoms with Crippen LogP contribution in [0.2, 0.25) is 0 Å². The van der Waals surface area contributed by atoms with Crippen molar-refractivity contribution in [3.05, 3.63) is 28.7 Å². The summed E-state index contributed by atoms with van der Waals surface area (Å²) in [5.41, 5.74) is 1.15. The van der Waals surface area contributed by atoms with Crippen LogP contribution < -0.4 is 10.6 Å². The molecule has 1 rings (SSSR count). The summed E-state index contributed by atoms with van der Waals surface area (Å²) in [5.74, 6) is 0. The van der Waals surface area contributed by atoms with Crippen LogP contribution in [0.25, 0.3) is 0 Å². The molecule has 0 aliphatic carbocycles. The number of benzene rings is 1. The van der Waals surface area contributed by atoms with Gasteiger partial charge in [-0.1, -0.05) is 22.0 Å². The van der Waals surface area contributed by atoms with Gasteiger partial charge in [-0.3, -0.25) is 0 Å². The molecule has 0 atom stereocenters. The Balaban J connectivity index is 2.41. The Morgan fingerprint density at radius 3 is 2.83 bits per heavy atom. The molecule has 12 heavy (non-hydrogen) atoms.